The number of hydrogen-bond donors (Lipinski definition) is 1. The first kappa shape index (κ1) is 16.4. The molecule has 20 heavy (non-hydrogen) atoms. The van der Waals surface area contributed by atoms with Crippen LogP contribution in [0.4, 0.5) is 13.2 Å². The SMILES string of the molecule is CCOC(=O)Cc1[nH]c(CCl)cc(=O)c1OC(F)(F)F. The number of rotatable bonds is 5. The van der Waals surface area contributed by atoms with Crippen molar-refractivity contribution in [2.75, 3.05) is 6.61 Å². The van der Waals surface area contributed by atoms with E-state index in [9.17, 15) is 22.8 Å². The number of aromatic nitrogens is 1. The zero-order chi connectivity index (χ0) is 15.3. The number of halogens is 4. The van der Waals surface area contributed by atoms with Crippen molar-refractivity contribution >= 4 is 17.6 Å². The van der Waals surface area contributed by atoms with Crippen LogP contribution in [0, 0.1) is 0 Å². The van der Waals surface area contributed by atoms with Gasteiger partial charge >= 0.3 is 12.3 Å². The lowest BCUT2D eigenvalue weighted by atomic mass is 10.2. The van der Waals surface area contributed by atoms with Gasteiger partial charge in [-0.15, -0.1) is 24.8 Å². The number of pyridine rings is 1. The average molecular weight is 314 g/mol. The number of nitrogens with one attached hydrogen (secondary N) is 1. The van der Waals surface area contributed by atoms with Gasteiger partial charge in [0.05, 0.1) is 24.6 Å². The van der Waals surface area contributed by atoms with Crippen LogP contribution in [0.25, 0.3) is 0 Å². The third-order valence-electron chi connectivity index (χ3n) is 2.10. The number of ether oxygens (including phenoxy) is 2. The molecule has 5 nitrogen and oxygen atoms in total. The topological polar surface area (TPSA) is 68.4 Å². The lowest BCUT2D eigenvalue weighted by molar-refractivity contribution is -0.275. The lowest BCUT2D eigenvalue weighted by Crippen LogP contribution is -2.25. The Bertz CT molecular complexity index is 541. The maximum atomic E-state index is 12.3. The number of aromatic amines is 1. The highest BCUT2D eigenvalue weighted by Crippen LogP contribution is 2.23. The van der Waals surface area contributed by atoms with E-state index in [0.29, 0.717) is 0 Å². The van der Waals surface area contributed by atoms with E-state index < -0.39 is 29.9 Å². The second kappa shape index (κ2) is 6.65. The molecular formula is C11H11ClF3NO4. The Hall–Kier alpha value is -1.70. The van der Waals surface area contributed by atoms with E-state index in [0.717, 1.165) is 6.07 Å². The molecule has 0 bridgehead atoms. The van der Waals surface area contributed by atoms with E-state index in [1.807, 2.05) is 0 Å². The first-order valence-electron chi connectivity index (χ1n) is 5.49. The summed E-state index contributed by atoms with van der Waals surface area (Å²) in [5.41, 5.74) is -1.18. The molecule has 0 radical (unpaired) electrons. The predicted octanol–water partition coefficient (Wildman–Crippen LogP) is 2.12. The fraction of sp³-hybridized carbons (Fsp3) is 0.455. The van der Waals surface area contributed by atoms with Gasteiger partial charge in [-0.1, -0.05) is 0 Å². The van der Waals surface area contributed by atoms with E-state index in [1.165, 1.54) is 0 Å². The highest BCUT2D eigenvalue weighted by atomic mass is 35.5. The number of alkyl halides is 4. The first-order valence-corrected chi connectivity index (χ1v) is 6.02. The van der Waals surface area contributed by atoms with Crippen LogP contribution in [0.1, 0.15) is 18.3 Å². The van der Waals surface area contributed by atoms with Gasteiger partial charge in [0.2, 0.25) is 5.43 Å². The van der Waals surface area contributed by atoms with Crippen molar-refractivity contribution in [2.45, 2.75) is 25.6 Å². The van der Waals surface area contributed by atoms with Gasteiger partial charge in [0.25, 0.3) is 0 Å². The van der Waals surface area contributed by atoms with Crippen molar-refractivity contribution in [2.24, 2.45) is 0 Å². The predicted molar refractivity (Wildman–Crippen MR) is 63.6 cm³/mol. The molecule has 1 rings (SSSR count). The second-order valence-corrected chi connectivity index (χ2v) is 3.90. The summed E-state index contributed by atoms with van der Waals surface area (Å²) in [6.07, 6.45) is -5.60. The van der Waals surface area contributed by atoms with Crippen LogP contribution in [0.3, 0.4) is 0 Å². The van der Waals surface area contributed by atoms with Crippen LogP contribution in [-0.4, -0.2) is 23.9 Å². The zero-order valence-corrected chi connectivity index (χ0v) is 11.1. The normalized spacial score (nSPS) is 11.2. The molecule has 0 fully saturated rings. The van der Waals surface area contributed by atoms with Crippen LogP contribution in [-0.2, 0) is 21.8 Å². The Morgan fingerprint density at radius 3 is 2.60 bits per heavy atom. The van der Waals surface area contributed by atoms with Crippen LogP contribution >= 0.6 is 11.6 Å². The Labute approximate surface area is 116 Å². The minimum Gasteiger partial charge on any atom is -0.466 e. The van der Waals surface area contributed by atoms with Gasteiger partial charge in [0, 0.05) is 11.8 Å². The van der Waals surface area contributed by atoms with Gasteiger partial charge in [-0.3, -0.25) is 9.59 Å². The summed E-state index contributed by atoms with van der Waals surface area (Å²) in [6.45, 7) is 1.61. The molecule has 1 aromatic rings. The third kappa shape index (κ3) is 4.76. The summed E-state index contributed by atoms with van der Waals surface area (Å²) in [5, 5.41) is 0. The minimum atomic E-state index is -5.04. The third-order valence-corrected chi connectivity index (χ3v) is 2.39. The summed E-state index contributed by atoms with van der Waals surface area (Å²) in [4.78, 5) is 25.4. The fourth-order valence-electron chi connectivity index (χ4n) is 1.44. The van der Waals surface area contributed by atoms with E-state index >= 15 is 0 Å². The highest BCUT2D eigenvalue weighted by Gasteiger charge is 2.34. The summed E-state index contributed by atoms with van der Waals surface area (Å²) in [5.74, 6) is -1.90. The quantitative estimate of drug-likeness (QED) is 0.668. The average Bonchev–Trinajstić information content (AvgIpc) is 2.32. The van der Waals surface area contributed by atoms with Crippen molar-refractivity contribution in [3.63, 3.8) is 0 Å². The van der Waals surface area contributed by atoms with Gasteiger partial charge in [0.1, 0.15) is 0 Å². The Morgan fingerprint density at radius 1 is 1.45 bits per heavy atom. The Kier molecular flexibility index (Phi) is 5.43. The molecule has 1 heterocycles. The Balaban J connectivity index is 3.19. The minimum absolute atomic E-state index is 0.0632. The number of hydrogen-bond acceptors (Lipinski definition) is 4. The van der Waals surface area contributed by atoms with Gasteiger partial charge < -0.3 is 14.5 Å². The fourth-order valence-corrected chi connectivity index (χ4v) is 1.58. The lowest BCUT2D eigenvalue weighted by Gasteiger charge is -2.13. The maximum absolute atomic E-state index is 12.3. The van der Waals surface area contributed by atoms with Crippen LogP contribution in [0.15, 0.2) is 10.9 Å². The van der Waals surface area contributed by atoms with Crippen LogP contribution < -0.4 is 10.2 Å². The molecule has 0 aliphatic rings. The van der Waals surface area contributed by atoms with Crippen molar-refractivity contribution in [1.29, 1.82) is 0 Å². The number of H-pyrrole nitrogens is 1. The van der Waals surface area contributed by atoms with Gasteiger partial charge in [-0.05, 0) is 6.92 Å². The summed E-state index contributed by atoms with van der Waals surface area (Å²) in [7, 11) is 0. The highest BCUT2D eigenvalue weighted by molar-refractivity contribution is 6.16. The summed E-state index contributed by atoms with van der Waals surface area (Å²) >= 11 is 5.50. The smallest absolute Gasteiger partial charge is 0.466 e. The number of carbonyl (C=O) groups excluding carboxylic acids is 1. The zero-order valence-electron chi connectivity index (χ0n) is 10.3. The molecule has 9 heteroatoms. The molecule has 0 aliphatic carbocycles. The van der Waals surface area contributed by atoms with E-state index in [-0.39, 0.29) is 23.9 Å². The second-order valence-electron chi connectivity index (χ2n) is 3.63. The van der Waals surface area contributed by atoms with Crippen LogP contribution in [0.2, 0.25) is 0 Å². The largest absolute Gasteiger partial charge is 0.573 e. The number of esters is 1. The molecule has 1 N–H and O–H groups in total. The molecule has 0 aromatic carbocycles. The van der Waals surface area contributed by atoms with Crippen molar-refractivity contribution in [1.82, 2.24) is 4.98 Å². The molecule has 0 amide bonds. The standard InChI is InChI=1S/C11H11ClF3NO4/c1-2-19-9(18)4-7-10(20-11(13,14)15)8(17)3-6(5-12)16-7/h3H,2,4-5H2,1H3,(H,16,17). The van der Waals surface area contributed by atoms with Crippen molar-refractivity contribution < 1.29 is 27.4 Å². The first-order chi connectivity index (χ1) is 9.26. The van der Waals surface area contributed by atoms with Gasteiger partial charge in [-0.2, -0.15) is 0 Å². The van der Waals surface area contributed by atoms with E-state index in [2.05, 4.69) is 14.5 Å². The Morgan fingerprint density at radius 2 is 2.10 bits per heavy atom. The maximum Gasteiger partial charge on any atom is 0.573 e. The summed E-state index contributed by atoms with van der Waals surface area (Å²) < 4.78 is 45.0. The molecule has 112 valence electrons. The monoisotopic (exact) mass is 313 g/mol. The van der Waals surface area contributed by atoms with E-state index in [4.69, 9.17) is 11.6 Å². The molecular weight excluding hydrogens is 303 g/mol. The molecule has 0 spiro atoms. The molecule has 0 saturated carbocycles. The molecule has 0 unspecified atom stereocenters. The van der Waals surface area contributed by atoms with E-state index in [1.54, 1.807) is 6.92 Å². The van der Waals surface area contributed by atoms with Crippen molar-refractivity contribution in [3.8, 4) is 5.75 Å². The number of carbonyl (C=O) groups is 1. The van der Waals surface area contributed by atoms with Crippen LogP contribution in [0.5, 0.6) is 5.75 Å². The molecule has 1 aromatic heterocycles. The van der Waals surface area contributed by atoms with Crippen molar-refractivity contribution in [3.05, 3.63) is 27.7 Å². The van der Waals surface area contributed by atoms with Gasteiger partial charge in [-0.25, -0.2) is 0 Å². The summed E-state index contributed by atoms with van der Waals surface area (Å²) in [6, 6.07) is 0.878. The molecule has 0 aliphatic heterocycles. The van der Waals surface area contributed by atoms with Gasteiger partial charge in [0.15, 0.2) is 5.75 Å². The molecule has 0 atom stereocenters. The molecule has 0 saturated heterocycles.